The van der Waals surface area contributed by atoms with Crippen LogP contribution in [0.3, 0.4) is 0 Å². The van der Waals surface area contributed by atoms with Crippen molar-refractivity contribution in [3.05, 3.63) is 64.7 Å². The second-order valence-corrected chi connectivity index (χ2v) is 6.64. The summed E-state index contributed by atoms with van der Waals surface area (Å²) in [5, 5.41) is 3.21. The standard InChI is InChI=1S/C21H26N2O.ClH/c1-2-15-6-8-16(9-7-15)10-13-21(24)23-20-5-3-4-17-14-18(22)11-12-19(17)20;/h6-9,11-12,14,20H,2-5,10,13,22H2,1H3,(H,23,24);1H. The Labute approximate surface area is 156 Å². The maximum Gasteiger partial charge on any atom is 0.220 e. The fourth-order valence-corrected chi connectivity index (χ4v) is 3.45. The molecule has 0 aromatic heterocycles. The number of carbonyl (C=O) groups excluding carboxylic acids is 1. The first-order valence-corrected chi connectivity index (χ1v) is 8.91. The molecule has 25 heavy (non-hydrogen) atoms. The van der Waals surface area contributed by atoms with E-state index in [2.05, 4.69) is 42.6 Å². The summed E-state index contributed by atoms with van der Waals surface area (Å²) in [5.74, 6) is 0.129. The smallest absolute Gasteiger partial charge is 0.220 e. The second kappa shape index (κ2) is 8.91. The minimum Gasteiger partial charge on any atom is -0.399 e. The summed E-state index contributed by atoms with van der Waals surface area (Å²) in [7, 11) is 0. The van der Waals surface area contributed by atoms with E-state index in [1.54, 1.807) is 0 Å². The maximum atomic E-state index is 12.3. The van der Waals surface area contributed by atoms with Gasteiger partial charge in [0.2, 0.25) is 5.91 Å². The highest BCUT2D eigenvalue weighted by Gasteiger charge is 2.21. The third kappa shape index (κ3) is 4.99. The minimum atomic E-state index is 0. The molecule has 0 aliphatic heterocycles. The number of carbonyl (C=O) groups is 1. The molecule has 1 atom stereocenters. The van der Waals surface area contributed by atoms with Gasteiger partial charge in [-0.15, -0.1) is 12.4 Å². The van der Waals surface area contributed by atoms with Crippen LogP contribution in [0.2, 0.25) is 0 Å². The van der Waals surface area contributed by atoms with E-state index >= 15 is 0 Å². The molecule has 4 heteroatoms. The molecule has 1 unspecified atom stereocenters. The van der Waals surface area contributed by atoms with E-state index in [1.807, 2.05) is 12.1 Å². The highest BCUT2D eigenvalue weighted by Crippen LogP contribution is 2.31. The molecule has 3 nitrogen and oxygen atoms in total. The highest BCUT2D eigenvalue weighted by molar-refractivity contribution is 5.85. The third-order valence-corrected chi connectivity index (χ3v) is 4.89. The average molecular weight is 359 g/mol. The average Bonchev–Trinajstić information content (AvgIpc) is 2.60. The molecule has 0 fully saturated rings. The summed E-state index contributed by atoms with van der Waals surface area (Å²) in [6.45, 7) is 2.15. The van der Waals surface area contributed by atoms with Gasteiger partial charge in [-0.05, 0) is 66.5 Å². The fraction of sp³-hybridized carbons (Fsp3) is 0.381. The van der Waals surface area contributed by atoms with Crippen LogP contribution < -0.4 is 11.1 Å². The minimum absolute atomic E-state index is 0. The summed E-state index contributed by atoms with van der Waals surface area (Å²) in [6.07, 6.45) is 5.53. The molecule has 2 aromatic carbocycles. The predicted octanol–water partition coefficient (Wildman–Crippen LogP) is 4.38. The van der Waals surface area contributed by atoms with Crippen LogP contribution in [0, 0.1) is 0 Å². The fourth-order valence-electron chi connectivity index (χ4n) is 3.45. The van der Waals surface area contributed by atoms with Gasteiger partial charge in [0.1, 0.15) is 0 Å². The Balaban J connectivity index is 0.00000225. The Morgan fingerprint density at radius 3 is 2.60 bits per heavy atom. The van der Waals surface area contributed by atoms with Gasteiger partial charge in [0.15, 0.2) is 0 Å². The first kappa shape index (κ1) is 19.3. The topological polar surface area (TPSA) is 55.1 Å². The molecule has 2 aromatic rings. The number of nitrogen functional groups attached to an aromatic ring is 1. The number of aryl methyl sites for hydroxylation is 3. The van der Waals surface area contributed by atoms with E-state index in [0.717, 1.165) is 37.8 Å². The molecule has 3 N–H and O–H groups in total. The zero-order valence-electron chi connectivity index (χ0n) is 14.8. The van der Waals surface area contributed by atoms with Crippen molar-refractivity contribution in [1.82, 2.24) is 5.32 Å². The Bertz CT molecular complexity index is 712. The van der Waals surface area contributed by atoms with Crippen molar-refractivity contribution in [1.29, 1.82) is 0 Å². The SMILES string of the molecule is CCc1ccc(CCC(=O)NC2CCCc3cc(N)ccc32)cc1.Cl. The Morgan fingerprint density at radius 1 is 1.16 bits per heavy atom. The Morgan fingerprint density at radius 2 is 1.88 bits per heavy atom. The molecule has 1 aliphatic rings. The van der Waals surface area contributed by atoms with Crippen LogP contribution in [0.1, 0.15) is 54.5 Å². The number of hydrogen-bond acceptors (Lipinski definition) is 2. The van der Waals surface area contributed by atoms with Crippen molar-refractivity contribution in [2.75, 3.05) is 5.73 Å². The summed E-state index contributed by atoms with van der Waals surface area (Å²) in [4.78, 5) is 12.3. The quantitative estimate of drug-likeness (QED) is 0.779. The summed E-state index contributed by atoms with van der Waals surface area (Å²) >= 11 is 0. The number of benzene rings is 2. The van der Waals surface area contributed by atoms with Gasteiger partial charge in [0.25, 0.3) is 0 Å². The van der Waals surface area contributed by atoms with Crippen molar-refractivity contribution in [2.45, 2.75) is 51.5 Å². The molecular weight excluding hydrogens is 332 g/mol. The van der Waals surface area contributed by atoms with Gasteiger partial charge < -0.3 is 11.1 Å². The highest BCUT2D eigenvalue weighted by atomic mass is 35.5. The number of amides is 1. The molecule has 1 aliphatic carbocycles. The van der Waals surface area contributed by atoms with E-state index < -0.39 is 0 Å². The van der Waals surface area contributed by atoms with Crippen LogP contribution >= 0.6 is 12.4 Å². The van der Waals surface area contributed by atoms with Crippen molar-refractivity contribution >= 4 is 24.0 Å². The lowest BCUT2D eigenvalue weighted by molar-refractivity contribution is -0.121. The van der Waals surface area contributed by atoms with Gasteiger partial charge in [-0.2, -0.15) is 0 Å². The summed E-state index contributed by atoms with van der Waals surface area (Å²) in [6, 6.07) is 14.7. The van der Waals surface area contributed by atoms with Gasteiger partial charge >= 0.3 is 0 Å². The number of fused-ring (bicyclic) bond motifs is 1. The molecular formula is C21H27ClN2O. The van der Waals surface area contributed by atoms with E-state index in [0.29, 0.717) is 6.42 Å². The number of anilines is 1. The van der Waals surface area contributed by atoms with Crippen LogP contribution in [-0.4, -0.2) is 5.91 Å². The largest absolute Gasteiger partial charge is 0.399 e. The number of nitrogens with two attached hydrogens (primary N) is 1. The second-order valence-electron chi connectivity index (χ2n) is 6.64. The van der Waals surface area contributed by atoms with Crippen molar-refractivity contribution < 1.29 is 4.79 Å². The number of halogens is 1. The van der Waals surface area contributed by atoms with E-state index in [9.17, 15) is 4.79 Å². The van der Waals surface area contributed by atoms with Crippen LogP contribution in [-0.2, 0) is 24.1 Å². The Hall–Kier alpha value is -2.00. The molecule has 0 heterocycles. The van der Waals surface area contributed by atoms with Crippen LogP contribution in [0.25, 0.3) is 0 Å². The van der Waals surface area contributed by atoms with Gasteiger partial charge in [0.05, 0.1) is 6.04 Å². The zero-order valence-corrected chi connectivity index (χ0v) is 15.6. The molecule has 1 amide bonds. The van der Waals surface area contributed by atoms with Crippen molar-refractivity contribution in [2.24, 2.45) is 0 Å². The van der Waals surface area contributed by atoms with Gasteiger partial charge in [-0.1, -0.05) is 37.3 Å². The Kier molecular flexibility index (Phi) is 6.89. The molecule has 134 valence electrons. The van der Waals surface area contributed by atoms with Gasteiger partial charge in [-0.3, -0.25) is 4.79 Å². The van der Waals surface area contributed by atoms with Crippen LogP contribution in [0.5, 0.6) is 0 Å². The number of nitrogens with one attached hydrogen (secondary N) is 1. The zero-order chi connectivity index (χ0) is 16.9. The van der Waals surface area contributed by atoms with E-state index in [4.69, 9.17) is 5.73 Å². The summed E-state index contributed by atoms with van der Waals surface area (Å²) in [5.41, 5.74) is 11.7. The van der Waals surface area contributed by atoms with Crippen LogP contribution in [0.4, 0.5) is 5.69 Å². The maximum absolute atomic E-state index is 12.3. The molecule has 0 saturated carbocycles. The molecule has 0 saturated heterocycles. The predicted molar refractivity (Wildman–Crippen MR) is 106 cm³/mol. The van der Waals surface area contributed by atoms with Crippen molar-refractivity contribution in [3.8, 4) is 0 Å². The summed E-state index contributed by atoms with van der Waals surface area (Å²) < 4.78 is 0. The van der Waals surface area contributed by atoms with Gasteiger partial charge in [-0.25, -0.2) is 0 Å². The van der Waals surface area contributed by atoms with Crippen molar-refractivity contribution in [3.63, 3.8) is 0 Å². The first-order chi connectivity index (χ1) is 11.7. The third-order valence-electron chi connectivity index (χ3n) is 4.89. The van der Waals surface area contributed by atoms with Gasteiger partial charge in [0, 0.05) is 12.1 Å². The van der Waals surface area contributed by atoms with E-state index in [-0.39, 0.29) is 24.4 Å². The van der Waals surface area contributed by atoms with E-state index in [1.165, 1.54) is 22.3 Å². The molecule has 0 spiro atoms. The lowest BCUT2D eigenvalue weighted by atomic mass is 9.87. The molecule has 3 rings (SSSR count). The lowest BCUT2D eigenvalue weighted by Crippen LogP contribution is -2.31. The number of rotatable bonds is 5. The first-order valence-electron chi connectivity index (χ1n) is 8.91. The normalized spacial score (nSPS) is 15.8. The number of hydrogen-bond donors (Lipinski definition) is 2. The van der Waals surface area contributed by atoms with Crippen LogP contribution in [0.15, 0.2) is 42.5 Å². The molecule has 0 bridgehead atoms. The monoisotopic (exact) mass is 358 g/mol. The molecule has 0 radical (unpaired) electrons. The lowest BCUT2D eigenvalue weighted by Gasteiger charge is -2.26.